The van der Waals surface area contributed by atoms with E-state index in [9.17, 15) is 13.6 Å². The summed E-state index contributed by atoms with van der Waals surface area (Å²) in [5.41, 5.74) is 1.02. The van der Waals surface area contributed by atoms with Crippen molar-refractivity contribution in [2.24, 2.45) is 5.92 Å². The van der Waals surface area contributed by atoms with Crippen LogP contribution in [0.5, 0.6) is 11.8 Å². The van der Waals surface area contributed by atoms with Crippen LogP contribution in [0.3, 0.4) is 0 Å². The van der Waals surface area contributed by atoms with Gasteiger partial charge >= 0.3 is 5.88 Å². The molecule has 2 rings (SSSR count). The molecule has 10 heteroatoms. The minimum Gasteiger partial charge on any atom is -0.616 e. The van der Waals surface area contributed by atoms with Gasteiger partial charge in [0.2, 0.25) is 0 Å². The summed E-state index contributed by atoms with van der Waals surface area (Å²) in [6, 6.07) is 7.15. The molecule has 0 amide bonds. The van der Waals surface area contributed by atoms with Crippen LogP contribution in [0.1, 0.15) is 30.8 Å². The minimum absolute atomic E-state index is 0.0181. The van der Waals surface area contributed by atoms with Gasteiger partial charge in [-0.05, 0) is 12.0 Å². The maximum Gasteiger partial charge on any atom is 0.404 e. The lowest BCUT2D eigenvalue weighted by Gasteiger charge is -2.16. The molecule has 0 unspecified atom stereocenters. The predicted octanol–water partition coefficient (Wildman–Crippen LogP) is 2.63. The number of rotatable bonds is 9. The van der Waals surface area contributed by atoms with Crippen LogP contribution in [0.25, 0.3) is 0 Å². The van der Waals surface area contributed by atoms with Crippen molar-refractivity contribution in [2.75, 3.05) is 13.4 Å². The second-order valence-corrected chi connectivity index (χ2v) is 8.61. The molecule has 0 N–H and O–H groups in total. The number of benzene rings is 1. The molecule has 0 atom stereocenters. The van der Waals surface area contributed by atoms with E-state index < -0.39 is 16.7 Å². The summed E-state index contributed by atoms with van der Waals surface area (Å²) < 4.78 is 38.9. The second-order valence-electron chi connectivity index (χ2n) is 6.56. The summed E-state index contributed by atoms with van der Waals surface area (Å²) in [5, 5.41) is 13.3. The van der Waals surface area contributed by atoms with Crippen molar-refractivity contribution < 1.29 is 26.8 Å². The molecule has 2 aromatic rings. The van der Waals surface area contributed by atoms with E-state index in [1.54, 1.807) is 18.2 Å². The van der Waals surface area contributed by atoms with Crippen molar-refractivity contribution in [1.29, 1.82) is 0 Å². The zero-order valence-corrected chi connectivity index (χ0v) is 17.7. The molecular weight excluding hydrogens is 408 g/mol. The van der Waals surface area contributed by atoms with E-state index in [2.05, 4.69) is 4.98 Å². The van der Waals surface area contributed by atoms with Crippen LogP contribution in [0, 0.1) is 11.1 Å². The van der Waals surface area contributed by atoms with Gasteiger partial charge in [0.15, 0.2) is 5.69 Å². The van der Waals surface area contributed by atoms with Crippen molar-refractivity contribution in [3.63, 3.8) is 0 Å². The normalized spacial score (nSPS) is 11.6. The third kappa shape index (κ3) is 5.95. The highest BCUT2D eigenvalue weighted by atomic mass is 35.5. The summed E-state index contributed by atoms with van der Waals surface area (Å²) in [5.74, 6) is 0.0911. The van der Waals surface area contributed by atoms with Crippen molar-refractivity contribution in [3.05, 3.63) is 51.4 Å². The molecule has 0 aliphatic rings. The maximum atomic E-state index is 12.8. The second kappa shape index (κ2) is 9.40. The Bertz CT molecular complexity index is 934. The highest BCUT2D eigenvalue weighted by Crippen LogP contribution is 2.25. The fraction of sp³-hybridized carbons (Fsp3) is 0.444. The number of hydrogen-bond acceptors (Lipinski definition) is 7. The molecule has 1 aromatic carbocycles. The van der Waals surface area contributed by atoms with Gasteiger partial charge in [0.05, 0.1) is 13.4 Å². The molecule has 28 heavy (non-hydrogen) atoms. The molecule has 154 valence electrons. The SMILES string of the molecule is COc1c(COS(C)(=O)=O)nc(OCc2ccccc2Cl)c(CC(C)C)[n+]1[O-]. The van der Waals surface area contributed by atoms with Gasteiger partial charge in [-0.3, -0.25) is 4.18 Å². The van der Waals surface area contributed by atoms with Gasteiger partial charge in [-0.25, -0.2) is 0 Å². The lowest BCUT2D eigenvalue weighted by Crippen LogP contribution is -2.37. The average molecular weight is 431 g/mol. The smallest absolute Gasteiger partial charge is 0.404 e. The number of hydrogen-bond donors (Lipinski definition) is 0. The number of aromatic nitrogens is 2. The largest absolute Gasteiger partial charge is 0.616 e. The fourth-order valence-electron chi connectivity index (χ4n) is 2.45. The van der Waals surface area contributed by atoms with Crippen LogP contribution in [-0.4, -0.2) is 26.8 Å². The molecule has 1 aromatic heterocycles. The quantitative estimate of drug-likeness (QED) is 0.342. The Balaban J connectivity index is 2.44. The van der Waals surface area contributed by atoms with E-state index in [4.69, 9.17) is 25.3 Å². The van der Waals surface area contributed by atoms with Gasteiger partial charge in [0.25, 0.3) is 21.7 Å². The van der Waals surface area contributed by atoms with Gasteiger partial charge in [-0.2, -0.15) is 13.4 Å². The van der Waals surface area contributed by atoms with E-state index in [0.29, 0.717) is 16.2 Å². The van der Waals surface area contributed by atoms with Crippen LogP contribution < -0.4 is 14.2 Å². The van der Waals surface area contributed by atoms with Gasteiger partial charge in [0.1, 0.15) is 13.2 Å². The first-order chi connectivity index (χ1) is 13.1. The zero-order valence-electron chi connectivity index (χ0n) is 16.1. The number of ether oxygens (including phenoxy) is 2. The monoisotopic (exact) mass is 430 g/mol. The molecule has 0 bridgehead atoms. The van der Waals surface area contributed by atoms with E-state index in [-0.39, 0.29) is 35.7 Å². The Labute approximate surface area is 169 Å². The molecule has 0 spiro atoms. The first-order valence-corrected chi connectivity index (χ1v) is 10.7. The molecule has 8 nitrogen and oxygen atoms in total. The molecular formula is C18H23ClN2O6S. The van der Waals surface area contributed by atoms with Crippen LogP contribution in [0.2, 0.25) is 5.02 Å². The van der Waals surface area contributed by atoms with E-state index in [1.807, 2.05) is 19.9 Å². The number of nitrogens with zero attached hydrogens (tertiary/aromatic N) is 2. The minimum atomic E-state index is -3.73. The molecule has 0 saturated heterocycles. The summed E-state index contributed by atoms with van der Waals surface area (Å²) in [6.45, 7) is 3.54. The van der Waals surface area contributed by atoms with E-state index in [1.165, 1.54) is 7.11 Å². The Morgan fingerprint density at radius 1 is 1.25 bits per heavy atom. The van der Waals surface area contributed by atoms with Gasteiger partial charge in [0, 0.05) is 17.0 Å². The van der Waals surface area contributed by atoms with Crippen LogP contribution in [0.4, 0.5) is 0 Å². The molecule has 0 saturated carbocycles. The molecule has 0 aliphatic carbocycles. The van der Waals surface area contributed by atoms with Crippen molar-refractivity contribution in [1.82, 2.24) is 4.98 Å². The molecule has 0 fully saturated rings. The lowest BCUT2D eigenvalue weighted by atomic mass is 10.1. The standard InChI is InChI=1S/C18H23ClN2O6S/c1-12(2)9-16-17(26-10-13-7-5-6-8-14(13)19)20-15(11-27-28(4,23)24)18(25-3)21(16)22/h5-8,12H,9-11H2,1-4H3. The number of halogens is 1. The van der Waals surface area contributed by atoms with Crippen molar-refractivity contribution in [2.45, 2.75) is 33.5 Å². The first kappa shape index (κ1) is 22.2. The molecule has 0 radical (unpaired) electrons. The fourth-order valence-corrected chi connectivity index (χ4v) is 2.97. The maximum absolute atomic E-state index is 12.8. The topological polar surface area (TPSA) is 102 Å². The van der Waals surface area contributed by atoms with Gasteiger partial charge < -0.3 is 14.7 Å². The van der Waals surface area contributed by atoms with Gasteiger partial charge in [-0.15, -0.1) is 4.73 Å². The van der Waals surface area contributed by atoms with Crippen LogP contribution >= 0.6 is 11.6 Å². The lowest BCUT2D eigenvalue weighted by molar-refractivity contribution is -0.622. The summed E-state index contributed by atoms with van der Waals surface area (Å²) >= 11 is 6.15. The average Bonchev–Trinajstić information content (AvgIpc) is 2.61. The Morgan fingerprint density at radius 2 is 1.93 bits per heavy atom. The summed E-state index contributed by atoms with van der Waals surface area (Å²) in [4.78, 5) is 4.30. The van der Waals surface area contributed by atoms with Crippen molar-refractivity contribution in [3.8, 4) is 11.8 Å². The first-order valence-electron chi connectivity index (χ1n) is 8.52. The third-order valence-corrected chi connectivity index (χ3v) is 4.60. The Hall–Kier alpha value is -2.10. The summed E-state index contributed by atoms with van der Waals surface area (Å²) in [6.07, 6.45) is 1.30. The Morgan fingerprint density at radius 3 is 2.50 bits per heavy atom. The molecule has 1 heterocycles. The zero-order chi connectivity index (χ0) is 20.9. The summed E-state index contributed by atoms with van der Waals surface area (Å²) in [7, 11) is -2.42. The number of methoxy groups -OCH3 is 1. The van der Waals surface area contributed by atoms with Crippen LogP contribution in [-0.2, 0) is 33.9 Å². The van der Waals surface area contributed by atoms with Crippen LogP contribution in [0.15, 0.2) is 24.3 Å². The van der Waals surface area contributed by atoms with E-state index >= 15 is 0 Å². The van der Waals surface area contributed by atoms with E-state index in [0.717, 1.165) is 11.8 Å². The molecule has 0 aliphatic heterocycles. The predicted molar refractivity (Wildman–Crippen MR) is 104 cm³/mol. The third-order valence-electron chi connectivity index (χ3n) is 3.69. The highest BCUT2D eigenvalue weighted by molar-refractivity contribution is 7.85. The van der Waals surface area contributed by atoms with Gasteiger partial charge in [-0.1, -0.05) is 43.6 Å². The van der Waals surface area contributed by atoms with Crippen molar-refractivity contribution >= 4 is 21.7 Å². The Kier molecular flexibility index (Phi) is 7.45. The highest BCUT2D eigenvalue weighted by Gasteiger charge is 2.28.